The van der Waals surface area contributed by atoms with Crippen LogP contribution in [0.4, 0.5) is 0 Å². The maximum atomic E-state index is 9.10. The van der Waals surface area contributed by atoms with E-state index < -0.39 is 22.8 Å². The average Bonchev–Trinajstić information content (AvgIpc) is 1.41. The van der Waals surface area contributed by atoms with E-state index in [9.17, 15) is 0 Å². The third-order valence-electron chi connectivity index (χ3n) is 0. The second-order valence-electron chi connectivity index (χ2n) is 2.31. The monoisotopic (exact) mass is 600 g/mol. The van der Waals surface area contributed by atoms with Crippen LogP contribution in [0.15, 0.2) is 0 Å². The van der Waals surface area contributed by atoms with E-state index in [2.05, 4.69) is 0 Å². The molecule has 0 aliphatic carbocycles. The van der Waals surface area contributed by atoms with Crippen LogP contribution in [-0.2, 0) is 13.7 Å². The van der Waals surface area contributed by atoms with E-state index in [0.717, 1.165) is 0 Å². The van der Waals surface area contributed by atoms with Crippen molar-refractivity contribution in [3.63, 3.8) is 0 Å². The normalized spacial score (nSPS) is 10.4. The Morgan fingerprint density at radius 1 is 0.529 bits per heavy atom. The fraction of sp³-hybridized carbons (Fsp3) is 1.00. The molecule has 9 nitrogen and oxygen atoms in total. The second-order valence-corrected chi connectivity index (χ2v) is 6.94. The first-order valence-corrected chi connectivity index (χ1v) is 8.95. The van der Waals surface area contributed by atoms with Gasteiger partial charge in [0.25, 0.3) is 0 Å². The summed E-state index contributed by atoms with van der Waals surface area (Å²) in [6.07, 6.45) is 0. The molecule has 0 heterocycles. The molecular weight excluding hydrogens is 591 g/mol. The number of hydrogen-bond donors (Lipinski definition) is 0. The summed E-state index contributed by atoms with van der Waals surface area (Å²) in [5.74, 6) is 0. The zero-order valence-corrected chi connectivity index (χ0v) is 15.6. The van der Waals surface area contributed by atoms with Gasteiger partial charge in [0, 0.05) is 0 Å². The molecule has 0 rings (SSSR count). The smallest absolute Gasteiger partial charge is 0.811 e. The average molecular weight is 600 g/mol. The van der Waals surface area contributed by atoms with Crippen LogP contribution in [0.1, 0.15) is 0 Å². The van der Waals surface area contributed by atoms with Gasteiger partial charge in [0.1, 0.15) is 0 Å². The van der Waals surface area contributed by atoms with E-state index in [4.69, 9.17) is 43.1 Å². The molecule has 0 spiro atoms. The first kappa shape index (κ1) is 32.1. The Hall–Kier alpha value is 3.02. The fourth-order valence-electron chi connectivity index (χ4n) is 0. The van der Waals surface area contributed by atoms with Crippen molar-refractivity contribution in [2.24, 2.45) is 0 Å². The van der Waals surface area contributed by atoms with Crippen molar-refractivity contribution in [2.75, 3.05) is 20.0 Å². The van der Waals surface area contributed by atoms with Gasteiger partial charge in [-0.2, -0.15) is 0 Å². The maximum Gasteiger partial charge on any atom is 3.00 e. The zero-order valence-electron chi connectivity index (χ0n) is 8.68. The Morgan fingerprint density at radius 3 is 0.529 bits per heavy atom. The molecule has 14 heteroatoms. The topological polar surface area (TPSA) is 190 Å². The summed E-state index contributed by atoms with van der Waals surface area (Å²) in [5.41, 5.74) is 0. The molecule has 0 atom stereocenters. The van der Waals surface area contributed by atoms with Gasteiger partial charge in [-0.25, -0.2) is 0 Å². The summed E-state index contributed by atoms with van der Waals surface area (Å²) >= 11 is 0. The maximum absolute atomic E-state index is 9.10. The first-order valence-electron chi connectivity index (χ1n) is 2.98. The van der Waals surface area contributed by atoms with Gasteiger partial charge in [-0.15, -0.1) is 0 Å². The van der Waals surface area contributed by atoms with Crippen LogP contribution in [0.3, 0.4) is 0 Å². The molecule has 108 valence electrons. The van der Waals surface area contributed by atoms with Crippen LogP contribution in [0.5, 0.6) is 0 Å². The summed E-state index contributed by atoms with van der Waals surface area (Å²) < 4.78 is 27.3. The molecule has 0 unspecified atom stereocenters. The zero-order chi connectivity index (χ0) is 13.5. The molecule has 0 aliphatic rings. The largest absolute Gasteiger partial charge is 3.00 e. The van der Waals surface area contributed by atoms with Crippen molar-refractivity contribution in [1.29, 1.82) is 0 Å². The van der Waals surface area contributed by atoms with Crippen LogP contribution in [0.2, 0.25) is 0 Å². The van der Waals surface area contributed by atoms with Gasteiger partial charge in [-0.1, -0.05) is 22.8 Å². The van der Waals surface area contributed by atoms with E-state index in [0.29, 0.717) is 20.0 Å². The Morgan fingerprint density at radius 2 is 0.529 bits per heavy atom. The predicted molar refractivity (Wildman–Crippen MR) is 40.6 cm³/mol. The van der Waals surface area contributed by atoms with Gasteiger partial charge in [-0.05, 0) is 20.0 Å². The van der Waals surface area contributed by atoms with Crippen molar-refractivity contribution in [1.82, 2.24) is 0 Å². The molecular formula is C3H9O9P3Tb2. The van der Waals surface area contributed by atoms with Gasteiger partial charge >= 0.3 is 77.2 Å². The molecule has 0 amide bonds. The van der Waals surface area contributed by atoms with E-state index in [1.165, 1.54) is 0 Å². The quantitative estimate of drug-likeness (QED) is 0.247. The molecule has 0 bridgehead atoms. The Bertz CT molecular complexity index is 216. The van der Waals surface area contributed by atoms with E-state index in [1.807, 2.05) is 0 Å². The Labute approximate surface area is 161 Å². The summed E-state index contributed by atoms with van der Waals surface area (Å²) in [5, 5.41) is 0. The van der Waals surface area contributed by atoms with E-state index >= 15 is 0 Å². The summed E-state index contributed by atoms with van der Waals surface area (Å²) in [6.45, 7) is 1.90. The van der Waals surface area contributed by atoms with Crippen molar-refractivity contribution < 1.29 is 120 Å². The standard InChI is InChI=1S/3CH5O3P.2Tb/c3*1-5(2,3)4;;/h3*1H3,(H2,2,3,4);;/q;;;2*+3/p-6. The van der Waals surface area contributed by atoms with Crippen LogP contribution in [-0.4, -0.2) is 20.0 Å². The molecule has 0 fully saturated rings. The predicted octanol–water partition coefficient (Wildman–Crippen LogP) is -4.41. The van der Waals surface area contributed by atoms with Crippen LogP contribution in [0, 0.1) is 77.2 Å². The van der Waals surface area contributed by atoms with Gasteiger partial charge in [0.05, 0.1) is 0 Å². The Kier molecular flexibility index (Phi) is 26.4. The van der Waals surface area contributed by atoms with Crippen molar-refractivity contribution in [2.45, 2.75) is 0 Å². The molecule has 0 aromatic rings. The molecule has 0 saturated heterocycles. The number of hydrogen-bond acceptors (Lipinski definition) is 9. The van der Waals surface area contributed by atoms with Crippen molar-refractivity contribution in [3.8, 4) is 0 Å². The summed E-state index contributed by atoms with van der Waals surface area (Å²) in [4.78, 5) is 54.6. The summed E-state index contributed by atoms with van der Waals surface area (Å²) in [7, 11) is -12.4. The third kappa shape index (κ3) is 604. The molecule has 17 heavy (non-hydrogen) atoms. The minimum Gasteiger partial charge on any atom is -0.811 e. The van der Waals surface area contributed by atoms with Crippen LogP contribution >= 0.6 is 22.8 Å². The van der Waals surface area contributed by atoms with Gasteiger partial charge in [-0.3, -0.25) is 0 Å². The van der Waals surface area contributed by atoms with Gasteiger partial charge in [0.15, 0.2) is 0 Å². The minimum atomic E-state index is -4.14. The van der Waals surface area contributed by atoms with Crippen molar-refractivity contribution in [3.05, 3.63) is 0 Å². The first-order chi connectivity index (χ1) is 6.00. The van der Waals surface area contributed by atoms with Crippen molar-refractivity contribution >= 4 is 22.8 Å². The molecule has 0 N–H and O–H groups in total. The minimum absolute atomic E-state index is 0. The van der Waals surface area contributed by atoms with Gasteiger partial charge in [0.2, 0.25) is 0 Å². The third-order valence-corrected chi connectivity index (χ3v) is 0. The molecule has 0 aromatic heterocycles. The SMILES string of the molecule is CP(=O)([O-])[O-].CP(=O)([O-])[O-].CP(=O)([O-])[O-].[Tb+3].[Tb+3]. The Balaban J connectivity index is -0.0000000400. The molecule has 0 aromatic carbocycles. The fourth-order valence-corrected chi connectivity index (χ4v) is 0. The van der Waals surface area contributed by atoms with Crippen LogP contribution < -0.4 is 29.4 Å². The second kappa shape index (κ2) is 14.0. The van der Waals surface area contributed by atoms with Gasteiger partial charge < -0.3 is 43.1 Å². The summed E-state index contributed by atoms with van der Waals surface area (Å²) in [6, 6.07) is 0. The molecule has 0 aliphatic heterocycles. The number of rotatable bonds is 0. The van der Waals surface area contributed by atoms with E-state index in [-0.39, 0.29) is 77.2 Å². The molecule has 0 saturated carbocycles. The van der Waals surface area contributed by atoms with E-state index in [1.54, 1.807) is 0 Å². The van der Waals surface area contributed by atoms with Crippen LogP contribution in [0.25, 0.3) is 0 Å². The molecule has 0 radical (unpaired) electrons.